The van der Waals surface area contributed by atoms with Crippen molar-refractivity contribution in [3.8, 4) is 5.75 Å². The van der Waals surface area contributed by atoms with Crippen molar-refractivity contribution >= 4 is 11.6 Å². The fraction of sp³-hybridized carbons (Fsp3) is 0.214. The Morgan fingerprint density at radius 2 is 2.25 bits per heavy atom. The van der Waals surface area contributed by atoms with Gasteiger partial charge in [0.05, 0.1) is 25.3 Å². The lowest BCUT2D eigenvalue weighted by Crippen LogP contribution is -2.24. The number of benzene rings is 1. The Balaban J connectivity index is 1.68. The van der Waals surface area contributed by atoms with Crippen LogP contribution in [0.2, 0.25) is 0 Å². The maximum Gasteiger partial charge on any atom is 0.223 e. The van der Waals surface area contributed by atoms with Crippen LogP contribution in [0.15, 0.2) is 42.9 Å². The van der Waals surface area contributed by atoms with Crippen molar-refractivity contribution in [2.24, 2.45) is 0 Å². The fourth-order valence-corrected chi connectivity index (χ4v) is 1.57. The lowest BCUT2D eigenvalue weighted by atomic mass is 10.3. The van der Waals surface area contributed by atoms with Crippen LogP contribution in [-0.2, 0) is 11.3 Å². The molecule has 0 bridgehead atoms. The second-order valence-corrected chi connectivity index (χ2v) is 4.15. The van der Waals surface area contributed by atoms with Gasteiger partial charge in [0.15, 0.2) is 0 Å². The number of rotatable bonds is 6. The number of hydrogen-bond acceptors (Lipinski definition) is 5. The zero-order valence-corrected chi connectivity index (χ0v) is 11.0. The minimum Gasteiger partial charge on any atom is -0.493 e. The summed E-state index contributed by atoms with van der Waals surface area (Å²) >= 11 is 0. The zero-order valence-electron chi connectivity index (χ0n) is 11.0. The summed E-state index contributed by atoms with van der Waals surface area (Å²) in [6.07, 6.45) is 3.36. The summed E-state index contributed by atoms with van der Waals surface area (Å²) in [5.74, 6) is 0.570. The van der Waals surface area contributed by atoms with E-state index in [-0.39, 0.29) is 12.3 Å². The highest BCUT2D eigenvalue weighted by Crippen LogP contribution is 2.14. The smallest absolute Gasteiger partial charge is 0.223 e. The van der Waals surface area contributed by atoms with Gasteiger partial charge in [0.2, 0.25) is 5.91 Å². The van der Waals surface area contributed by atoms with Gasteiger partial charge in [0, 0.05) is 18.0 Å². The van der Waals surface area contributed by atoms with Gasteiger partial charge in [-0.3, -0.25) is 4.79 Å². The van der Waals surface area contributed by atoms with Crippen molar-refractivity contribution in [1.29, 1.82) is 0 Å². The number of aromatic nitrogens is 2. The van der Waals surface area contributed by atoms with Crippen molar-refractivity contribution in [1.82, 2.24) is 15.3 Å². The molecule has 0 atom stereocenters. The summed E-state index contributed by atoms with van der Waals surface area (Å²) in [6, 6.07) is 8.86. The molecule has 1 aromatic heterocycles. The number of amides is 1. The van der Waals surface area contributed by atoms with Crippen LogP contribution in [-0.4, -0.2) is 22.5 Å². The van der Waals surface area contributed by atoms with Gasteiger partial charge >= 0.3 is 0 Å². The van der Waals surface area contributed by atoms with Crippen LogP contribution >= 0.6 is 0 Å². The molecule has 6 heteroatoms. The molecular formula is C14H16N4O2. The highest BCUT2D eigenvalue weighted by atomic mass is 16.5. The van der Waals surface area contributed by atoms with E-state index in [4.69, 9.17) is 10.5 Å². The summed E-state index contributed by atoms with van der Waals surface area (Å²) in [7, 11) is 0. The van der Waals surface area contributed by atoms with Crippen molar-refractivity contribution in [2.75, 3.05) is 12.3 Å². The Bertz CT molecular complexity index is 560. The molecule has 0 aliphatic rings. The summed E-state index contributed by atoms with van der Waals surface area (Å²) in [5, 5.41) is 2.76. The van der Waals surface area contributed by atoms with E-state index in [1.165, 1.54) is 6.33 Å². The molecule has 1 amide bonds. The van der Waals surface area contributed by atoms with Gasteiger partial charge in [0.25, 0.3) is 0 Å². The zero-order chi connectivity index (χ0) is 14.2. The number of nitrogens with one attached hydrogen (secondary N) is 1. The maximum atomic E-state index is 11.6. The number of nitrogens with zero attached hydrogens (tertiary/aromatic N) is 2. The third-order valence-electron chi connectivity index (χ3n) is 2.57. The predicted octanol–water partition coefficient (Wildman–Crippen LogP) is 1.14. The van der Waals surface area contributed by atoms with Gasteiger partial charge < -0.3 is 15.8 Å². The Labute approximate surface area is 117 Å². The van der Waals surface area contributed by atoms with Crippen LogP contribution < -0.4 is 15.8 Å². The highest BCUT2D eigenvalue weighted by Gasteiger charge is 2.03. The van der Waals surface area contributed by atoms with E-state index in [0.717, 1.165) is 5.69 Å². The third kappa shape index (κ3) is 4.56. The average molecular weight is 272 g/mol. The molecule has 0 spiro atoms. The average Bonchev–Trinajstić information content (AvgIpc) is 2.46. The van der Waals surface area contributed by atoms with Crippen LogP contribution in [0, 0.1) is 0 Å². The summed E-state index contributed by atoms with van der Waals surface area (Å²) < 4.78 is 5.44. The number of nitrogens with two attached hydrogens (primary N) is 1. The largest absolute Gasteiger partial charge is 0.493 e. The second kappa shape index (κ2) is 7.08. The number of carbonyl (C=O) groups is 1. The summed E-state index contributed by atoms with van der Waals surface area (Å²) in [6.45, 7) is 0.693. The van der Waals surface area contributed by atoms with E-state index < -0.39 is 0 Å². The molecular weight excluding hydrogens is 256 g/mol. The number of anilines is 1. The molecule has 0 saturated carbocycles. The molecule has 0 aliphatic heterocycles. The minimum atomic E-state index is -0.0903. The lowest BCUT2D eigenvalue weighted by molar-refractivity contribution is -0.121. The number of ether oxygens (including phenoxy) is 1. The van der Waals surface area contributed by atoms with E-state index in [0.29, 0.717) is 24.6 Å². The van der Waals surface area contributed by atoms with Gasteiger partial charge in [0.1, 0.15) is 12.1 Å². The normalized spacial score (nSPS) is 10.0. The molecule has 1 aromatic carbocycles. The number of carbonyl (C=O) groups excluding carboxylic acids is 1. The molecule has 0 aliphatic carbocycles. The van der Waals surface area contributed by atoms with Crippen molar-refractivity contribution < 1.29 is 9.53 Å². The quantitative estimate of drug-likeness (QED) is 0.770. The number of hydrogen-bond donors (Lipinski definition) is 2. The monoisotopic (exact) mass is 272 g/mol. The molecule has 1 heterocycles. The Morgan fingerprint density at radius 1 is 1.35 bits per heavy atom. The number of nitrogen functional groups attached to an aromatic ring is 1. The van der Waals surface area contributed by atoms with E-state index >= 15 is 0 Å². The van der Waals surface area contributed by atoms with Crippen molar-refractivity contribution in [2.45, 2.75) is 13.0 Å². The molecule has 2 rings (SSSR count). The third-order valence-corrected chi connectivity index (χ3v) is 2.57. The second-order valence-electron chi connectivity index (χ2n) is 4.15. The van der Waals surface area contributed by atoms with Crippen LogP contribution in [0.25, 0.3) is 0 Å². The van der Waals surface area contributed by atoms with E-state index in [9.17, 15) is 4.79 Å². The molecule has 0 radical (unpaired) electrons. The molecule has 3 N–H and O–H groups in total. The standard InChI is InChI=1S/C14H16N4O2/c15-11-2-1-3-13(8-11)20-7-5-14(19)17-9-12-4-6-16-10-18-12/h1-4,6,8,10H,5,7,9,15H2,(H,17,19). The van der Waals surface area contributed by atoms with E-state index in [1.807, 2.05) is 0 Å². The predicted molar refractivity (Wildman–Crippen MR) is 74.8 cm³/mol. The van der Waals surface area contributed by atoms with Crippen LogP contribution in [0.1, 0.15) is 12.1 Å². The van der Waals surface area contributed by atoms with Crippen molar-refractivity contribution in [3.05, 3.63) is 48.5 Å². The minimum absolute atomic E-state index is 0.0903. The maximum absolute atomic E-state index is 11.6. The molecule has 20 heavy (non-hydrogen) atoms. The van der Waals surface area contributed by atoms with Crippen LogP contribution in [0.5, 0.6) is 5.75 Å². The first-order chi connectivity index (χ1) is 9.74. The van der Waals surface area contributed by atoms with Gasteiger partial charge in [-0.2, -0.15) is 0 Å². The van der Waals surface area contributed by atoms with Crippen LogP contribution in [0.4, 0.5) is 5.69 Å². The summed E-state index contributed by atoms with van der Waals surface area (Å²) in [5.41, 5.74) is 7.03. The SMILES string of the molecule is Nc1cccc(OCCC(=O)NCc2ccncn2)c1. The first kappa shape index (κ1) is 13.8. The molecule has 0 fully saturated rings. The summed E-state index contributed by atoms with van der Waals surface area (Å²) in [4.78, 5) is 19.4. The molecule has 104 valence electrons. The van der Waals surface area contributed by atoms with Gasteiger partial charge in [-0.1, -0.05) is 6.07 Å². The van der Waals surface area contributed by atoms with Gasteiger partial charge in [-0.05, 0) is 18.2 Å². The van der Waals surface area contributed by atoms with Crippen molar-refractivity contribution in [3.63, 3.8) is 0 Å². The lowest BCUT2D eigenvalue weighted by Gasteiger charge is -2.07. The highest BCUT2D eigenvalue weighted by molar-refractivity contribution is 5.75. The van der Waals surface area contributed by atoms with E-state index in [2.05, 4.69) is 15.3 Å². The molecule has 6 nitrogen and oxygen atoms in total. The van der Waals surface area contributed by atoms with Gasteiger partial charge in [-0.15, -0.1) is 0 Å². The molecule has 0 unspecified atom stereocenters. The van der Waals surface area contributed by atoms with Gasteiger partial charge in [-0.25, -0.2) is 9.97 Å². The topological polar surface area (TPSA) is 90.1 Å². The molecule has 0 saturated heterocycles. The first-order valence-corrected chi connectivity index (χ1v) is 6.24. The Kier molecular flexibility index (Phi) is 4.88. The van der Waals surface area contributed by atoms with E-state index in [1.54, 1.807) is 36.5 Å². The van der Waals surface area contributed by atoms with Crippen LogP contribution in [0.3, 0.4) is 0 Å². The first-order valence-electron chi connectivity index (χ1n) is 6.24. The molecule has 2 aromatic rings. The Morgan fingerprint density at radius 3 is 3.00 bits per heavy atom. The Hall–Kier alpha value is -2.63. The fourth-order valence-electron chi connectivity index (χ4n) is 1.57.